The van der Waals surface area contributed by atoms with Gasteiger partial charge in [-0.25, -0.2) is 0 Å². The van der Waals surface area contributed by atoms with E-state index >= 15 is 0 Å². The lowest BCUT2D eigenvalue weighted by atomic mass is 9.94. The van der Waals surface area contributed by atoms with Crippen molar-refractivity contribution in [2.45, 2.75) is 0 Å². The highest BCUT2D eigenvalue weighted by Crippen LogP contribution is 2.48. The summed E-state index contributed by atoms with van der Waals surface area (Å²) in [5.74, 6) is 0. The normalized spacial score (nSPS) is 11.6. The fourth-order valence-electron chi connectivity index (χ4n) is 9.49. The average Bonchev–Trinajstić information content (AvgIpc) is 3.88. The minimum atomic E-state index is 0.878. The molecular weight excluding hydrogens is 741 g/mol. The SMILES string of the molecule is c1cc(-c2ccc(N(c3ccccc3-c3cccc4ccccc34)c3ccccc3-c3cccc4oc5ccccc5c34)cc2)cc(-n2c3ccccc3c3ccccc32)c1. The van der Waals surface area contributed by atoms with Crippen molar-refractivity contribution in [1.29, 1.82) is 0 Å². The van der Waals surface area contributed by atoms with Crippen LogP contribution in [0.5, 0.6) is 0 Å². The number of hydrogen-bond acceptors (Lipinski definition) is 2. The molecule has 61 heavy (non-hydrogen) atoms. The Labute approximate surface area is 353 Å². The van der Waals surface area contributed by atoms with Crippen LogP contribution in [0.15, 0.2) is 235 Å². The van der Waals surface area contributed by atoms with Gasteiger partial charge in [-0.1, -0.05) is 170 Å². The van der Waals surface area contributed by atoms with Gasteiger partial charge < -0.3 is 13.9 Å². The van der Waals surface area contributed by atoms with E-state index in [1.807, 2.05) is 6.07 Å². The lowest BCUT2D eigenvalue weighted by Gasteiger charge is -2.30. The van der Waals surface area contributed by atoms with Crippen molar-refractivity contribution in [3.05, 3.63) is 231 Å². The zero-order chi connectivity index (χ0) is 40.3. The molecule has 2 heterocycles. The largest absolute Gasteiger partial charge is 0.456 e. The summed E-state index contributed by atoms with van der Waals surface area (Å²) in [6.07, 6.45) is 0. The third kappa shape index (κ3) is 5.74. The Morgan fingerprint density at radius 1 is 0.344 bits per heavy atom. The molecule has 0 aliphatic carbocycles. The van der Waals surface area contributed by atoms with Gasteiger partial charge in [0, 0.05) is 44.0 Å². The summed E-state index contributed by atoms with van der Waals surface area (Å²) in [4.78, 5) is 2.44. The molecule has 0 unspecified atom stereocenters. The Balaban J connectivity index is 1.04. The van der Waals surface area contributed by atoms with Gasteiger partial charge in [-0.2, -0.15) is 0 Å². The predicted octanol–water partition coefficient (Wildman–Crippen LogP) is 16.3. The molecule has 0 spiro atoms. The molecule has 0 atom stereocenters. The van der Waals surface area contributed by atoms with Crippen LogP contribution in [0.2, 0.25) is 0 Å². The molecular formula is C58H38N2O. The van der Waals surface area contributed by atoms with Crippen LogP contribution in [0, 0.1) is 0 Å². The minimum Gasteiger partial charge on any atom is -0.456 e. The molecule has 10 aromatic carbocycles. The number of rotatable bonds is 7. The average molecular weight is 779 g/mol. The molecule has 0 amide bonds. The summed E-state index contributed by atoms with van der Waals surface area (Å²) in [5.41, 5.74) is 15.5. The molecule has 0 saturated heterocycles. The first-order valence-corrected chi connectivity index (χ1v) is 20.8. The second-order valence-electron chi connectivity index (χ2n) is 15.6. The number of hydrogen-bond donors (Lipinski definition) is 0. The van der Waals surface area contributed by atoms with E-state index in [1.165, 1.54) is 38.1 Å². The van der Waals surface area contributed by atoms with Crippen LogP contribution in [0.25, 0.3) is 93.6 Å². The second-order valence-corrected chi connectivity index (χ2v) is 15.6. The highest BCUT2D eigenvalue weighted by molar-refractivity contribution is 6.14. The number of furan rings is 1. The molecule has 12 rings (SSSR count). The molecule has 0 aliphatic rings. The molecule has 0 fully saturated rings. The Morgan fingerprint density at radius 2 is 0.869 bits per heavy atom. The van der Waals surface area contributed by atoms with E-state index < -0.39 is 0 Å². The number of fused-ring (bicyclic) bond motifs is 7. The van der Waals surface area contributed by atoms with Crippen LogP contribution >= 0.6 is 0 Å². The fourth-order valence-corrected chi connectivity index (χ4v) is 9.49. The van der Waals surface area contributed by atoms with E-state index in [1.54, 1.807) is 0 Å². The monoisotopic (exact) mass is 778 g/mol. The Hall–Kier alpha value is -8.14. The van der Waals surface area contributed by atoms with Crippen LogP contribution in [-0.4, -0.2) is 4.57 Å². The molecule has 2 aromatic heterocycles. The smallest absolute Gasteiger partial charge is 0.136 e. The predicted molar refractivity (Wildman–Crippen MR) is 257 cm³/mol. The molecule has 3 heteroatoms. The number of para-hydroxylation sites is 5. The van der Waals surface area contributed by atoms with Crippen molar-refractivity contribution >= 4 is 71.6 Å². The molecule has 0 N–H and O–H groups in total. The zero-order valence-corrected chi connectivity index (χ0v) is 33.2. The molecule has 0 radical (unpaired) electrons. The number of anilines is 3. The van der Waals surface area contributed by atoms with Crippen molar-refractivity contribution in [2.75, 3.05) is 4.90 Å². The summed E-state index contributed by atoms with van der Waals surface area (Å²) >= 11 is 0. The van der Waals surface area contributed by atoms with Gasteiger partial charge in [0.15, 0.2) is 0 Å². The molecule has 0 bridgehead atoms. The van der Waals surface area contributed by atoms with Crippen molar-refractivity contribution in [1.82, 2.24) is 4.57 Å². The maximum atomic E-state index is 6.42. The van der Waals surface area contributed by atoms with Crippen molar-refractivity contribution in [3.63, 3.8) is 0 Å². The third-order valence-electron chi connectivity index (χ3n) is 12.2. The van der Waals surface area contributed by atoms with Gasteiger partial charge in [-0.3, -0.25) is 0 Å². The highest BCUT2D eigenvalue weighted by Gasteiger charge is 2.23. The van der Waals surface area contributed by atoms with E-state index in [9.17, 15) is 0 Å². The van der Waals surface area contributed by atoms with Crippen molar-refractivity contribution in [2.24, 2.45) is 0 Å². The summed E-state index contributed by atoms with van der Waals surface area (Å²) in [5, 5.41) is 7.18. The van der Waals surface area contributed by atoms with Crippen LogP contribution in [0.4, 0.5) is 17.1 Å². The van der Waals surface area contributed by atoms with Gasteiger partial charge in [-0.15, -0.1) is 0 Å². The number of aromatic nitrogens is 1. The van der Waals surface area contributed by atoms with Crippen LogP contribution in [-0.2, 0) is 0 Å². The van der Waals surface area contributed by atoms with Crippen molar-refractivity contribution in [3.8, 4) is 39.1 Å². The van der Waals surface area contributed by atoms with Gasteiger partial charge >= 0.3 is 0 Å². The van der Waals surface area contributed by atoms with E-state index in [0.717, 1.165) is 72.5 Å². The van der Waals surface area contributed by atoms with E-state index in [-0.39, 0.29) is 0 Å². The molecule has 0 saturated carbocycles. The van der Waals surface area contributed by atoms with Gasteiger partial charge in [0.2, 0.25) is 0 Å². The Bertz CT molecular complexity index is 3550. The lowest BCUT2D eigenvalue weighted by molar-refractivity contribution is 0.669. The van der Waals surface area contributed by atoms with Crippen molar-refractivity contribution < 1.29 is 4.42 Å². The van der Waals surface area contributed by atoms with Crippen LogP contribution in [0.1, 0.15) is 0 Å². The van der Waals surface area contributed by atoms with Gasteiger partial charge in [0.05, 0.1) is 22.4 Å². The second kappa shape index (κ2) is 14.3. The van der Waals surface area contributed by atoms with Gasteiger partial charge in [0.1, 0.15) is 11.2 Å². The maximum absolute atomic E-state index is 6.42. The zero-order valence-electron chi connectivity index (χ0n) is 33.2. The number of benzene rings is 10. The van der Waals surface area contributed by atoms with E-state index in [0.29, 0.717) is 0 Å². The first kappa shape index (κ1) is 34.9. The fraction of sp³-hybridized carbons (Fsp3) is 0. The molecule has 286 valence electrons. The summed E-state index contributed by atoms with van der Waals surface area (Å²) < 4.78 is 8.80. The summed E-state index contributed by atoms with van der Waals surface area (Å²) in [6.45, 7) is 0. The highest BCUT2D eigenvalue weighted by atomic mass is 16.3. The Kier molecular flexibility index (Phi) is 8.17. The molecule has 12 aromatic rings. The first-order valence-electron chi connectivity index (χ1n) is 20.8. The summed E-state index contributed by atoms with van der Waals surface area (Å²) in [6, 6.07) is 83.0. The maximum Gasteiger partial charge on any atom is 0.136 e. The lowest BCUT2D eigenvalue weighted by Crippen LogP contribution is -2.12. The standard InChI is InChI=1S/C58H38N2O/c1-2-20-44-40(16-1)17-14-26-45(44)46-21-3-8-28-52(46)59(55-31-11-6-24-49(55)50-27-15-33-57-58(50)51-25-7-12-32-56(51)61-57)42-36-34-39(35-37-42)41-18-13-19-43(38-41)60-53-29-9-4-22-47(53)48-23-5-10-30-54(48)60/h1-38H. The summed E-state index contributed by atoms with van der Waals surface area (Å²) in [7, 11) is 0. The van der Waals surface area contributed by atoms with E-state index in [4.69, 9.17) is 4.42 Å². The number of nitrogens with zero attached hydrogens (tertiary/aromatic N) is 2. The van der Waals surface area contributed by atoms with Crippen LogP contribution in [0.3, 0.4) is 0 Å². The molecule has 3 nitrogen and oxygen atoms in total. The molecule has 0 aliphatic heterocycles. The quantitative estimate of drug-likeness (QED) is 0.161. The van der Waals surface area contributed by atoms with E-state index in [2.05, 4.69) is 234 Å². The first-order chi connectivity index (χ1) is 30.3. The minimum absolute atomic E-state index is 0.878. The van der Waals surface area contributed by atoms with Crippen LogP contribution < -0.4 is 4.90 Å². The van der Waals surface area contributed by atoms with Gasteiger partial charge in [-0.05, 0) is 93.7 Å². The third-order valence-corrected chi connectivity index (χ3v) is 12.2. The van der Waals surface area contributed by atoms with Gasteiger partial charge in [0.25, 0.3) is 0 Å². The topological polar surface area (TPSA) is 21.3 Å². The Morgan fingerprint density at radius 3 is 1.62 bits per heavy atom.